The van der Waals surface area contributed by atoms with Gasteiger partial charge in [0.05, 0.1) is 0 Å². The van der Waals surface area contributed by atoms with E-state index in [1.54, 1.807) is 0 Å². The van der Waals surface area contributed by atoms with Crippen LogP contribution in [0, 0.1) is 6.92 Å². The Morgan fingerprint density at radius 3 is 3.15 bits per heavy atom. The molecule has 0 aliphatic heterocycles. The molecule has 1 rings (SSSR count). The SMILES string of the molecule is [2H]OC(=O)[C@@H](N)Cc1cccc(C)c1. The van der Waals surface area contributed by atoms with Gasteiger partial charge in [0.2, 0.25) is 0 Å². The highest BCUT2D eigenvalue weighted by Crippen LogP contribution is 2.05. The van der Waals surface area contributed by atoms with E-state index in [2.05, 4.69) is 5.11 Å². The number of aryl methyl sites for hydroxylation is 1. The molecule has 0 bridgehead atoms. The number of benzene rings is 1. The van der Waals surface area contributed by atoms with Gasteiger partial charge in [-0.2, -0.15) is 0 Å². The van der Waals surface area contributed by atoms with Crippen LogP contribution in [0.3, 0.4) is 0 Å². The molecule has 1 aromatic carbocycles. The summed E-state index contributed by atoms with van der Waals surface area (Å²) in [5.41, 5.74) is 7.61. The first-order valence-electron chi connectivity index (χ1n) is 4.52. The summed E-state index contributed by atoms with van der Waals surface area (Å²) in [5, 5.41) is 3.80. The Balaban J connectivity index is 2.64. The van der Waals surface area contributed by atoms with Crippen molar-refractivity contribution in [2.75, 3.05) is 0 Å². The second-order valence-electron chi connectivity index (χ2n) is 3.12. The van der Waals surface area contributed by atoms with E-state index in [1.807, 2.05) is 31.2 Å². The first-order valence-corrected chi connectivity index (χ1v) is 4.11. The van der Waals surface area contributed by atoms with E-state index >= 15 is 0 Å². The topological polar surface area (TPSA) is 63.3 Å². The molecule has 0 aliphatic rings. The van der Waals surface area contributed by atoms with Crippen LogP contribution in [-0.2, 0) is 11.2 Å². The van der Waals surface area contributed by atoms with Crippen molar-refractivity contribution >= 4 is 5.97 Å². The van der Waals surface area contributed by atoms with Gasteiger partial charge in [-0.05, 0) is 18.9 Å². The summed E-state index contributed by atoms with van der Waals surface area (Å²) >= 11 is 0. The third kappa shape index (κ3) is 2.87. The molecular weight excluding hydrogens is 166 g/mol. The molecule has 0 saturated heterocycles. The lowest BCUT2D eigenvalue weighted by Gasteiger charge is -2.06. The van der Waals surface area contributed by atoms with Gasteiger partial charge in [0.15, 0.2) is 0 Å². The molecule has 0 saturated carbocycles. The van der Waals surface area contributed by atoms with E-state index in [-0.39, 0.29) is 0 Å². The van der Waals surface area contributed by atoms with Gasteiger partial charge >= 0.3 is 5.97 Å². The average Bonchev–Trinajstić information content (AvgIpc) is 2.16. The van der Waals surface area contributed by atoms with Crippen LogP contribution in [0.2, 0.25) is 0 Å². The summed E-state index contributed by atoms with van der Waals surface area (Å²) < 4.78 is 6.42. The first-order chi connectivity index (χ1) is 6.63. The second kappa shape index (κ2) is 4.05. The molecule has 0 fully saturated rings. The van der Waals surface area contributed by atoms with Crippen molar-refractivity contribution in [2.24, 2.45) is 5.73 Å². The zero-order valence-electron chi connectivity index (χ0n) is 8.49. The van der Waals surface area contributed by atoms with E-state index in [0.29, 0.717) is 6.42 Å². The van der Waals surface area contributed by atoms with Crippen LogP contribution in [-0.4, -0.2) is 17.1 Å². The van der Waals surface area contributed by atoms with Gasteiger partial charge in [-0.3, -0.25) is 4.79 Å². The van der Waals surface area contributed by atoms with Gasteiger partial charge in [-0.25, -0.2) is 0 Å². The Morgan fingerprint density at radius 1 is 1.77 bits per heavy atom. The average molecular weight is 180 g/mol. The van der Waals surface area contributed by atoms with Crippen molar-refractivity contribution in [3.8, 4) is 0 Å². The standard InChI is InChI=1S/C10H13NO2/c1-7-3-2-4-8(5-7)6-9(11)10(12)13/h2-5,9H,6,11H2,1H3,(H,12,13)/t9-/m0/s1/i/hD. The summed E-state index contributed by atoms with van der Waals surface area (Å²) in [4.78, 5) is 10.9. The zero-order chi connectivity index (χ0) is 10.6. The van der Waals surface area contributed by atoms with Gasteiger partial charge in [-0.1, -0.05) is 29.8 Å². The second-order valence-corrected chi connectivity index (χ2v) is 3.12. The fourth-order valence-electron chi connectivity index (χ4n) is 1.18. The van der Waals surface area contributed by atoms with E-state index in [9.17, 15) is 4.79 Å². The predicted molar refractivity (Wildman–Crippen MR) is 50.5 cm³/mol. The Hall–Kier alpha value is -1.35. The lowest BCUT2D eigenvalue weighted by atomic mass is 10.0. The van der Waals surface area contributed by atoms with Gasteiger partial charge in [0, 0.05) is 0 Å². The number of nitrogens with two attached hydrogens (primary N) is 1. The summed E-state index contributed by atoms with van der Waals surface area (Å²) in [6, 6.07) is 6.97. The number of carboxylic acid groups (broad SMARTS) is 1. The van der Waals surface area contributed by atoms with Crippen molar-refractivity contribution in [2.45, 2.75) is 19.4 Å². The fourth-order valence-corrected chi connectivity index (χ4v) is 1.18. The molecule has 3 nitrogen and oxygen atoms in total. The number of rotatable bonds is 3. The molecular formula is C10H13NO2. The molecule has 1 atom stereocenters. The van der Waals surface area contributed by atoms with Crippen molar-refractivity contribution in [1.82, 2.24) is 0 Å². The molecule has 3 heteroatoms. The summed E-state index contributed by atoms with van der Waals surface area (Å²) in [5.74, 6) is -0.702. The molecule has 0 radical (unpaired) electrons. The molecule has 70 valence electrons. The van der Waals surface area contributed by atoms with E-state index in [1.165, 1.54) is 0 Å². The minimum atomic E-state index is -0.755. The van der Waals surface area contributed by atoms with E-state index in [0.717, 1.165) is 11.1 Å². The third-order valence-corrected chi connectivity index (χ3v) is 1.84. The highest BCUT2D eigenvalue weighted by molar-refractivity contribution is 5.73. The van der Waals surface area contributed by atoms with Crippen LogP contribution in [0.15, 0.2) is 24.3 Å². The van der Waals surface area contributed by atoms with Crippen LogP contribution in [0.25, 0.3) is 1.43 Å². The first kappa shape index (κ1) is 8.26. The molecule has 0 aliphatic carbocycles. The van der Waals surface area contributed by atoms with Gasteiger partial charge in [0.25, 0.3) is 1.43 Å². The fraction of sp³-hybridized carbons (Fsp3) is 0.300. The normalized spacial score (nSPS) is 13.2. The van der Waals surface area contributed by atoms with Crippen LogP contribution >= 0.6 is 0 Å². The van der Waals surface area contributed by atoms with Crippen LogP contribution in [0.4, 0.5) is 0 Å². The maximum Gasteiger partial charge on any atom is 0.320 e. The maximum absolute atomic E-state index is 10.9. The summed E-state index contributed by atoms with van der Waals surface area (Å²) in [6.45, 7) is 1.97. The smallest absolute Gasteiger partial charge is 0.320 e. The molecule has 0 heterocycles. The molecule has 0 amide bonds. The molecule has 3 N–H and O–H groups in total. The number of aliphatic carboxylic acids is 1. The largest absolute Gasteiger partial charge is 0.480 e. The lowest BCUT2D eigenvalue weighted by molar-refractivity contribution is -0.138. The van der Waals surface area contributed by atoms with Crippen LogP contribution < -0.4 is 5.73 Å². The number of carbonyl (C=O) groups is 1. The highest BCUT2D eigenvalue weighted by Gasteiger charge is 2.11. The zero-order valence-corrected chi connectivity index (χ0v) is 7.49. The van der Waals surface area contributed by atoms with Gasteiger partial charge in [0.1, 0.15) is 6.04 Å². The Labute approximate surface area is 78.7 Å². The molecule has 1 aromatic rings. The third-order valence-electron chi connectivity index (χ3n) is 1.84. The summed E-state index contributed by atoms with van der Waals surface area (Å²) in [6.07, 6.45) is 0.402. The van der Waals surface area contributed by atoms with E-state index < -0.39 is 12.0 Å². The predicted octanol–water partition coefficient (Wildman–Crippen LogP) is 0.949. The Bertz CT molecular complexity index is 328. The van der Waals surface area contributed by atoms with Crippen molar-refractivity contribution in [3.05, 3.63) is 35.4 Å². The van der Waals surface area contributed by atoms with Crippen LogP contribution in [0.5, 0.6) is 0 Å². The summed E-state index contributed by atoms with van der Waals surface area (Å²) in [7, 11) is 0. The maximum atomic E-state index is 10.9. The monoisotopic (exact) mass is 180 g/mol. The lowest BCUT2D eigenvalue weighted by Crippen LogP contribution is -2.32. The van der Waals surface area contributed by atoms with Gasteiger partial charge in [-0.15, -0.1) is 0 Å². The van der Waals surface area contributed by atoms with E-state index in [4.69, 9.17) is 7.16 Å². The number of carboxylic acids is 1. The molecule has 0 aromatic heterocycles. The molecule has 0 unspecified atom stereocenters. The molecule has 13 heavy (non-hydrogen) atoms. The van der Waals surface area contributed by atoms with Crippen molar-refractivity contribution in [1.29, 1.82) is 1.43 Å². The van der Waals surface area contributed by atoms with Crippen molar-refractivity contribution < 1.29 is 9.90 Å². The highest BCUT2D eigenvalue weighted by atomic mass is 16.4. The number of hydrogen-bond acceptors (Lipinski definition) is 3. The quantitative estimate of drug-likeness (QED) is 0.728. The van der Waals surface area contributed by atoms with Crippen LogP contribution in [0.1, 0.15) is 11.1 Å². The minimum Gasteiger partial charge on any atom is -0.480 e. The number of hydrogen-bond donors (Lipinski definition) is 2. The Kier molecular flexibility index (Phi) is 2.57. The molecule has 0 spiro atoms. The Morgan fingerprint density at radius 2 is 2.54 bits per heavy atom. The minimum absolute atomic E-state index is 0.402. The van der Waals surface area contributed by atoms with Crippen molar-refractivity contribution in [3.63, 3.8) is 0 Å². The van der Waals surface area contributed by atoms with Gasteiger partial charge < -0.3 is 10.8 Å².